The van der Waals surface area contributed by atoms with E-state index in [0.717, 1.165) is 11.3 Å². The lowest BCUT2D eigenvalue weighted by Crippen LogP contribution is -2.25. The molecule has 0 aliphatic carbocycles. The first-order valence-electron chi connectivity index (χ1n) is 6.27. The van der Waals surface area contributed by atoms with Gasteiger partial charge in [-0.1, -0.05) is 26.0 Å². The molecule has 102 valence electrons. The predicted molar refractivity (Wildman–Crippen MR) is 73.8 cm³/mol. The Kier molecular flexibility index (Phi) is 5.37. The average molecular weight is 260 g/mol. The molecular weight excluding hydrogens is 240 g/mol. The minimum atomic E-state index is -0.181. The summed E-state index contributed by atoms with van der Waals surface area (Å²) in [6, 6.07) is 7.88. The number of ether oxygens (including phenoxy) is 1. The van der Waals surface area contributed by atoms with Gasteiger partial charge in [-0.25, -0.2) is 0 Å². The van der Waals surface area contributed by atoms with Crippen LogP contribution in [0.15, 0.2) is 18.2 Å². The number of nitriles is 1. The van der Waals surface area contributed by atoms with Crippen molar-refractivity contribution < 1.29 is 9.53 Å². The molecule has 0 spiro atoms. The zero-order valence-corrected chi connectivity index (χ0v) is 11.9. The van der Waals surface area contributed by atoms with Crippen LogP contribution in [-0.2, 0) is 11.3 Å². The van der Waals surface area contributed by atoms with Crippen molar-refractivity contribution in [2.45, 2.75) is 32.7 Å². The van der Waals surface area contributed by atoms with Gasteiger partial charge in [0.15, 0.2) is 0 Å². The molecule has 0 heterocycles. The van der Waals surface area contributed by atoms with Crippen LogP contribution in [0.5, 0.6) is 5.75 Å². The highest BCUT2D eigenvalue weighted by molar-refractivity contribution is 5.78. The van der Waals surface area contributed by atoms with Gasteiger partial charge in [0.1, 0.15) is 12.2 Å². The summed E-state index contributed by atoms with van der Waals surface area (Å²) in [6.45, 7) is 4.69. The number of rotatable bonds is 5. The van der Waals surface area contributed by atoms with Crippen molar-refractivity contribution in [1.82, 2.24) is 4.90 Å². The van der Waals surface area contributed by atoms with Crippen molar-refractivity contribution in [3.63, 3.8) is 0 Å². The Balaban J connectivity index is 2.95. The molecule has 4 heteroatoms. The third-order valence-corrected chi connectivity index (χ3v) is 3.03. The normalized spacial score (nSPS) is 10.1. The number of carbonyl (C=O) groups excluding carboxylic acids is 1. The third-order valence-electron chi connectivity index (χ3n) is 3.03. The highest BCUT2D eigenvalue weighted by Crippen LogP contribution is 2.25. The van der Waals surface area contributed by atoms with Gasteiger partial charge in [-0.3, -0.25) is 4.79 Å². The number of methoxy groups -OCH3 is 1. The molecule has 1 rings (SSSR count). The summed E-state index contributed by atoms with van der Waals surface area (Å²) >= 11 is 0. The highest BCUT2D eigenvalue weighted by atomic mass is 16.5. The van der Waals surface area contributed by atoms with E-state index in [1.54, 1.807) is 19.1 Å². The van der Waals surface area contributed by atoms with Crippen LogP contribution in [0.25, 0.3) is 0 Å². The highest BCUT2D eigenvalue weighted by Gasteiger charge is 2.13. The lowest BCUT2D eigenvalue weighted by Gasteiger charge is -2.19. The van der Waals surface area contributed by atoms with E-state index in [9.17, 15) is 4.79 Å². The van der Waals surface area contributed by atoms with Crippen LogP contribution in [0.1, 0.15) is 37.3 Å². The van der Waals surface area contributed by atoms with Crippen LogP contribution in [-0.4, -0.2) is 25.0 Å². The molecule has 0 radical (unpaired) electrons. The van der Waals surface area contributed by atoms with Gasteiger partial charge < -0.3 is 9.64 Å². The van der Waals surface area contributed by atoms with Crippen molar-refractivity contribution in [3.8, 4) is 11.8 Å². The first-order valence-corrected chi connectivity index (χ1v) is 6.27. The molecular formula is C15H20N2O2. The van der Waals surface area contributed by atoms with Crippen LogP contribution >= 0.6 is 0 Å². The summed E-state index contributed by atoms with van der Waals surface area (Å²) in [7, 11) is 3.31. The van der Waals surface area contributed by atoms with Crippen molar-refractivity contribution in [3.05, 3.63) is 29.3 Å². The Morgan fingerprint density at radius 1 is 1.47 bits per heavy atom. The Labute approximate surface area is 114 Å². The Hall–Kier alpha value is -2.02. The van der Waals surface area contributed by atoms with E-state index >= 15 is 0 Å². The number of hydrogen-bond donors (Lipinski definition) is 0. The summed E-state index contributed by atoms with van der Waals surface area (Å²) in [5, 5.41) is 8.55. The standard InChI is InChI=1S/C15H20N2O2/c1-11(2)12-5-6-14(19-4)13(9-12)10-17(3)15(18)7-8-16/h5-6,9,11H,7,10H2,1-4H3. The van der Waals surface area contributed by atoms with Gasteiger partial charge in [-0.05, 0) is 17.5 Å². The zero-order chi connectivity index (χ0) is 14.4. The van der Waals surface area contributed by atoms with E-state index in [1.807, 2.05) is 18.2 Å². The summed E-state index contributed by atoms with van der Waals surface area (Å²) in [6.07, 6.45) is -0.0946. The molecule has 0 aliphatic rings. The minimum absolute atomic E-state index is 0.0946. The number of nitrogens with zero attached hydrogens (tertiary/aromatic N) is 2. The van der Waals surface area contributed by atoms with E-state index < -0.39 is 0 Å². The third kappa shape index (κ3) is 3.99. The second kappa shape index (κ2) is 6.79. The van der Waals surface area contributed by atoms with Crippen LogP contribution < -0.4 is 4.74 Å². The van der Waals surface area contributed by atoms with Crippen LogP contribution in [0, 0.1) is 11.3 Å². The second-order valence-corrected chi connectivity index (χ2v) is 4.81. The van der Waals surface area contributed by atoms with E-state index in [1.165, 1.54) is 5.56 Å². The van der Waals surface area contributed by atoms with E-state index in [2.05, 4.69) is 19.9 Å². The minimum Gasteiger partial charge on any atom is -0.496 e. The molecule has 0 N–H and O–H groups in total. The molecule has 0 bridgehead atoms. The predicted octanol–water partition coefficient (Wildman–Crippen LogP) is 2.69. The first kappa shape index (κ1) is 15.0. The fourth-order valence-corrected chi connectivity index (χ4v) is 1.83. The zero-order valence-electron chi connectivity index (χ0n) is 11.9. The van der Waals surface area contributed by atoms with Gasteiger partial charge in [-0.15, -0.1) is 0 Å². The molecule has 0 fully saturated rings. The van der Waals surface area contributed by atoms with E-state index in [4.69, 9.17) is 10.00 Å². The fraction of sp³-hybridized carbons (Fsp3) is 0.467. The fourth-order valence-electron chi connectivity index (χ4n) is 1.83. The van der Waals surface area contributed by atoms with Crippen molar-refractivity contribution in [2.75, 3.05) is 14.2 Å². The Morgan fingerprint density at radius 3 is 2.68 bits per heavy atom. The first-order chi connectivity index (χ1) is 8.99. The van der Waals surface area contributed by atoms with Gasteiger partial charge in [0.05, 0.1) is 13.2 Å². The molecule has 0 aromatic heterocycles. The SMILES string of the molecule is COc1ccc(C(C)C)cc1CN(C)C(=O)CC#N. The smallest absolute Gasteiger partial charge is 0.236 e. The van der Waals surface area contributed by atoms with Gasteiger partial charge in [-0.2, -0.15) is 5.26 Å². The monoisotopic (exact) mass is 260 g/mol. The molecule has 0 saturated heterocycles. The van der Waals surface area contributed by atoms with Gasteiger partial charge >= 0.3 is 0 Å². The number of benzene rings is 1. The molecule has 4 nitrogen and oxygen atoms in total. The van der Waals surface area contributed by atoms with Gasteiger partial charge in [0.25, 0.3) is 0 Å². The molecule has 1 aromatic rings. The Bertz CT molecular complexity index is 489. The number of hydrogen-bond acceptors (Lipinski definition) is 3. The quantitative estimate of drug-likeness (QED) is 0.818. The maximum Gasteiger partial charge on any atom is 0.236 e. The van der Waals surface area contributed by atoms with Gasteiger partial charge in [0, 0.05) is 19.2 Å². The molecule has 19 heavy (non-hydrogen) atoms. The molecule has 1 amide bonds. The molecule has 0 aliphatic heterocycles. The number of carbonyl (C=O) groups is 1. The topological polar surface area (TPSA) is 53.3 Å². The lowest BCUT2D eigenvalue weighted by molar-refractivity contribution is -0.129. The summed E-state index contributed by atoms with van der Waals surface area (Å²) in [4.78, 5) is 13.2. The van der Waals surface area contributed by atoms with E-state index in [-0.39, 0.29) is 12.3 Å². The second-order valence-electron chi connectivity index (χ2n) is 4.81. The molecule has 0 atom stereocenters. The molecule has 1 aromatic carbocycles. The molecule has 0 saturated carbocycles. The van der Waals surface area contributed by atoms with Crippen LogP contribution in [0.2, 0.25) is 0 Å². The van der Waals surface area contributed by atoms with Gasteiger partial charge in [0.2, 0.25) is 5.91 Å². The van der Waals surface area contributed by atoms with Crippen molar-refractivity contribution in [1.29, 1.82) is 5.26 Å². The lowest BCUT2D eigenvalue weighted by atomic mass is 10.00. The van der Waals surface area contributed by atoms with Crippen LogP contribution in [0.3, 0.4) is 0 Å². The maximum absolute atomic E-state index is 11.6. The van der Waals surface area contributed by atoms with Crippen LogP contribution in [0.4, 0.5) is 0 Å². The van der Waals surface area contributed by atoms with Crippen molar-refractivity contribution in [2.24, 2.45) is 0 Å². The average Bonchev–Trinajstić information content (AvgIpc) is 2.38. The summed E-state index contributed by atoms with van der Waals surface area (Å²) < 4.78 is 5.32. The largest absolute Gasteiger partial charge is 0.496 e. The summed E-state index contributed by atoms with van der Waals surface area (Å²) in [5.41, 5.74) is 2.17. The molecule has 0 unspecified atom stereocenters. The van der Waals surface area contributed by atoms with Crippen molar-refractivity contribution >= 4 is 5.91 Å². The van der Waals surface area contributed by atoms with E-state index in [0.29, 0.717) is 12.5 Å². The maximum atomic E-state index is 11.6. The summed E-state index contributed by atoms with van der Waals surface area (Å²) in [5.74, 6) is 1.00. The Morgan fingerprint density at radius 2 is 2.16 bits per heavy atom. The number of amides is 1.